The van der Waals surface area contributed by atoms with Crippen molar-refractivity contribution < 1.29 is 4.79 Å². The van der Waals surface area contributed by atoms with Gasteiger partial charge in [-0.05, 0) is 47.9 Å². The largest absolute Gasteiger partial charge is 0.399 e. The lowest BCUT2D eigenvalue weighted by Crippen LogP contribution is -2.36. The molecule has 0 saturated carbocycles. The van der Waals surface area contributed by atoms with Crippen LogP contribution in [0.4, 0.5) is 5.69 Å². The minimum atomic E-state index is -0.0625. The lowest BCUT2D eigenvalue weighted by molar-refractivity contribution is 0.0734. The van der Waals surface area contributed by atoms with Gasteiger partial charge in [0.25, 0.3) is 5.91 Å². The number of fused-ring (bicyclic) bond motifs is 1. The van der Waals surface area contributed by atoms with Crippen LogP contribution in [0.1, 0.15) is 21.5 Å². The molecule has 2 aromatic rings. The number of anilines is 1. The van der Waals surface area contributed by atoms with Crippen LogP contribution in [0.25, 0.3) is 0 Å². The molecule has 0 bridgehead atoms. The molecule has 0 aromatic heterocycles. The number of hydrogen-bond acceptors (Lipinski definition) is 2. The van der Waals surface area contributed by atoms with Gasteiger partial charge in [-0.25, -0.2) is 0 Å². The molecule has 3 rings (SSSR count). The van der Waals surface area contributed by atoms with E-state index in [9.17, 15) is 4.79 Å². The Morgan fingerprint density at radius 3 is 2.48 bits per heavy atom. The summed E-state index contributed by atoms with van der Waals surface area (Å²) in [6.45, 7) is 1.24. The standard InChI is InChI=1S/C16H14Cl2N2O/c17-13-5-11(6-14(18)8-13)16(21)20-4-3-10-1-2-15(19)7-12(10)9-20/h1-2,5-8H,3-4,9,19H2. The fraction of sp³-hybridized carbons (Fsp3) is 0.188. The average Bonchev–Trinajstić information content (AvgIpc) is 2.44. The van der Waals surface area contributed by atoms with E-state index in [1.54, 1.807) is 23.1 Å². The second kappa shape index (κ2) is 5.58. The highest BCUT2D eigenvalue weighted by Gasteiger charge is 2.22. The molecule has 5 heteroatoms. The van der Waals surface area contributed by atoms with Crippen LogP contribution in [0.15, 0.2) is 36.4 Å². The molecule has 0 unspecified atom stereocenters. The molecular formula is C16H14Cl2N2O. The number of nitrogens with two attached hydrogens (primary N) is 1. The lowest BCUT2D eigenvalue weighted by atomic mass is 9.98. The average molecular weight is 321 g/mol. The van der Waals surface area contributed by atoms with Gasteiger partial charge in [0.15, 0.2) is 0 Å². The fourth-order valence-corrected chi connectivity index (χ4v) is 3.14. The van der Waals surface area contributed by atoms with Gasteiger partial charge in [-0.1, -0.05) is 29.3 Å². The Hall–Kier alpha value is -1.71. The molecule has 2 aromatic carbocycles. The third-order valence-electron chi connectivity index (χ3n) is 3.64. The van der Waals surface area contributed by atoms with Gasteiger partial charge in [-0.15, -0.1) is 0 Å². The van der Waals surface area contributed by atoms with E-state index in [4.69, 9.17) is 28.9 Å². The summed E-state index contributed by atoms with van der Waals surface area (Å²) >= 11 is 11.9. The summed E-state index contributed by atoms with van der Waals surface area (Å²) in [5, 5.41) is 0.931. The van der Waals surface area contributed by atoms with E-state index in [1.165, 1.54) is 5.56 Å². The van der Waals surface area contributed by atoms with Crippen molar-refractivity contribution in [1.29, 1.82) is 0 Å². The maximum Gasteiger partial charge on any atom is 0.254 e. The molecule has 1 amide bonds. The molecule has 108 valence electrons. The maximum absolute atomic E-state index is 12.6. The maximum atomic E-state index is 12.6. The van der Waals surface area contributed by atoms with Gasteiger partial charge < -0.3 is 10.6 Å². The van der Waals surface area contributed by atoms with E-state index in [-0.39, 0.29) is 5.91 Å². The number of nitrogens with zero attached hydrogens (tertiary/aromatic N) is 1. The van der Waals surface area contributed by atoms with Crippen molar-refractivity contribution in [2.45, 2.75) is 13.0 Å². The van der Waals surface area contributed by atoms with Gasteiger partial charge in [-0.3, -0.25) is 4.79 Å². The number of hydrogen-bond donors (Lipinski definition) is 1. The molecule has 0 spiro atoms. The minimum Gasteiger partial charge on any atom is -0.399 e. The first-order valence-corrected chi connectivity index (χ1v) is 7.41. The van der Waals surface area contributed by atoms with Crippen molar-refractivity contribution >= 4 is 34.8 Å². The van der Waals surface area contributed by atoms with Crippen molar-refractivity contribution in [1.82, 2.24) is 4.90 Å². The molecule has 1 aliphatic heterocycles. The molecule has 2 N–H and O–H groups in total. The Bertz CT molecular complexity index is 695. The van der Waals surface area contributed by atoms with Crippen LogP contribution in [0, 0.1) is 0 Å². The number of halogens is 2. The Labute approximate surface area is 133 Å². The summed E-state index contributed by atoms with van der Waals surface area (Å²) in [5.41, 5.74) is 9.39. The Balaban J connectivity index is 1.86. The Morgan fingerprint density at radius 2 is 1.76 bits per heavy atom. The number of rotatable bonds is 1. The second-order valence-electron chi connectivity index (χ2n) is 5.16. The van der Waals surface area contributed by atoms with Crippen molar-refractivity contribution in [2.24, 2.45) is 0 Å². The molecule has 21 heavy (non-hydrogen) atoms. The summed E-state index contributed by atoms with van der Waals surface area (Å²) in [6, 6.07) is 10.8. The number of nitrogen functional groups attached to an aromatic ring is 1. The van der Waals surface area contributed by atoms with Gasteiger partial charge in [0, 0.05) is 34.4 Å². The predicted octanol–water partition coefficient (Wildman–Crippen LogP) is 3.77. The second-order valence-corrected chi connectivity index (χ2v) is 6.04. The quantitative estimate of drug-likeness (QED) is 0.813. The molecule has 0 radical (unpaired) electrons. The zero-order chi connectivity index (χ0) is 15.0. The Kier molecular flexibility index (Phi) is 3.79. The summed E-state index contributed by atoms with van der Waals surface area (Å²) in [4.78, 5) is 14.4. The van der Waals surface area contributed by atoms with Gasteiger partial charge in [-0.2, -0.15) is 0 Å². The van der Waals surface area contributed by atoms with E-state index in [1.807, 2.05) is 18.2 Å². The first-order valence-electron chi connectivity index (χ1n) is 6.65. The van der Waals surface area contributed by atoms with E-state index in [0.29, 0.717) is 34.4 Å². The molecule has 0 aliphatic carbocycles. The number of carbonyl (C=O) groups excluding carboxylic acids is 1. The van der Waals surface area contributed by atoms with Crippen LogP contribution in [-0.2, 0) is 13.0 Å². The SMILES string of the molecule is Nc1ccc2c(c1)CN(C(=O)c1cc(Cl)cc(Cl)c1)CC2. The van der Waals surface area contributed by atoms with Crippen molar-refractivity contribution in [3.63, 3.8) is 0 Å². The van der Waals surface area contributed by atoms with Gasteiger partial charge in [0.05, 0.1) is 0 Å². The van der Waals surface area contributed by atoms with E-state index in [2.05, 4.69) is 0 Å². The molecule has 3 nitrogen and oxygen atoms in total. The van der Waals surface area contributed by atoms with Crippen molar-refractivity contribution in [3.8, 4) is 0 Å². The number of benzene rings is 2. The third-order valence-corrected chi connectivity index (χ3v) is 4.08. The van der Waals surface area contributed by atoms with Gasteiger partial charge >= 0.3 is 0 Å². The molecule has 1 heterocycles. The first-order chi connectivity index (χ1) is 10.0. The van der Waals surface area contributed by atoms with E-state index in [0.717, 1.165) is 12.0 Å². The third kappa shape index (κ3) is 2.99. The van der Waals surface area contributed by atoms with Crippen molar-refractivity contribution in [2.75, 3.05) is 12.3 Å². The number of carbonyl (C=O) groups is 1. The van der Waals surface area contributed by atoms with Crippen LogP contribution < -0.4 is 5.73 Å². The van der Waals surface area contributed by atoms with E-state index >= 15 is 0 Å². The highest BCUT2D eigenvalue weighted by atomic mass is 35.5. The summed E-state index contributed by atoms with van der Waals surface area (Å²) in [5.74, 6) is -0.0625. The monoisotopic (exact) mass is 320 g/mol. The van der Waals surface area contributed by atoms with Gasteiger partial charge in [0.2, 0.25) is 0 Å². The fourth-order valence-electron chi connectivity index (χ4n) is 2.61. The minimum absolute atomic E-state index is 0.0625. The first kappa shape index (κ1) is 14.2. The predicted molar refractivity (Wildman–Crippen MR) is 85.8 cm³/mol. The highest BCUT2D eigenvalue weighted by molar-refractivity contribution is 6.35. The van der Waals surface area contributed by atoms with Gasteiger partial charge in [0.1, 0.15) is 0 Å². The number of amides is 1. The molecule has 1 aliphatic rings. The Morgan fingerprint density at radius 1 is 1.05 bits per heavy atom. The van der Waals surface area contributed by atoms with Crippen LogP contribution in [-0.4, -0.2) is 17.4 Å². The van der Waals surface area contributed by atoms with E-state index < -0.39 is 0 Å². The summed E-state index contributed by atoms with van der Waals surface area (Å²) in [7, 11) is 0. The highest BCUT2D eigenvalue weighted by Crippen LogP contribution is 2.25. The van der Waals surface area contributed by atoms with Crippen molar-refractivity contribution in [3.05, 3.63) is 63.1 Å². The van der Waals surface area contributed by atoms with Crippen LogP contribution in [0.3, 0.4) is 0 Å². The summed E-state index contributed by atoms with van der Waals surface area (Å²) < 4.78 is 0. The lowest BCUT2D eigenvalue weighted by Gasteiger charge is -2.29. The topological polar surface area (TPSA) is 46.3 Å². The zero-order valence-corrected chi connectivity index (χ0v) is 12.8. The van der Waals surface area contributed by atoms with Crippen LogP contribution in [0.2, 0.25) is 10.0 Å². The molecular weight excluding hydrogens is 307 g/mol. The molecule has 0 saturated heterocycles. The summed E-state index contributed by atoms with van der Waals surface area (Å²) in [6.07, 6.45) is 0.829. The smallest absolute Gasteiger partial charge is 0.254 e. The molecule has 0 atom stereocenters. The van der Waals surface area contributed by atoms with Crippen LogP contribution in [0.5, 0.6) is 0 Å². The van der Waals surface area contributed by atoms with Crippen LogP contribution >= 0.6 is 23.2 Å². The zero-order valence-electron chi connectivity index (χ0n) is 11.3. The normalized spacial score (nSPS) is 13.9. The molecule has 0 fully saturated rings.